The first-order valence-electron chi connectivity index (χ1n) is 16.2. The van der Waals surface area contributed by atoms with Crippen LogP contribution in [0.3, 0.4) is 0 Å². The third-order valence-electron chi connectivity index (χ3n) is 8.07. The Morgan fingerprint density at radius 3 is 1.94 bits per heavy atom. The van der Waals surface area contributed by atoms with Crippen molar-refractivity contribution in [2.75, 3.05) is 5.01 Å². The van der Waals surface area contributed by atoms with Gasteiger partial charge in [-0.3, -0.25) is 9.59 Å². The third kappa shape index (κ3) is 7.98. The molecule has 0 aliphatic carbocycles. The second kappa shape index (κ2) is 13.7. The number of carbonyl (C=O) groups is 2. The lowest BCUT2D eigenvalue weighted by molar-refractivity contribution is -0.125. The zero-order chi connectivity index (χ0) is 34.9. The molecule has 1 N–H and O–H groups in total. The molecule has 2 atom stereocenters. The molecule has 1 aliphatic rings. The summed E-state index contributed by atoms with van der Waals surface area (Å²) in [4.78, 5) is 32.1. The number of rotatable bonds is 8. The number of hydrogen-bond donors (Lipinski definition) is 1. The van der Waals surface area contributed by atoms with E-state index in [2.05, 4.69) is 64.1 Å². The number of benzene rings is 4. The van der Waals surface area contributed by atoms with E-state index in [4.69, 9.17) is 14.5 Å². The van der Waals surface area contributed by atoms with Gasteiger partial charge in [0.1, 0.15) is 17.2 Å². The van der Waals surface area contributed by atoms with E-state index in [9.17, 15) is 9.59 Å². The summed E-state index contributed by atoms with van der Waals surface area (Å²) in [6.07, 6.45) is -0.839. The smallest absolute Gasteiger partial charge is 0.268 e. The van der Waals surface area contributed by atoms with Gasteiger partial charge in [0.15, 0.2) is 21.5 Å². The molecule has 5 aromatic rings. The molecule has 6 rings (SSSR count). The minimum atomic E-state index is -0.839. The van der Waals surface area contributed by atoms with Crippen LogP contribution in [0.5, 0.6) is 17.2 Å². The van der Waals surface area contributed by atoms with E-state index in [0.717, 1.165) is 16.0 Å². The molecular weight excluding hydrogens is 653 g/mol. The lowest BCUT2D eigenvalue weighted by Crippen LogP contribution is -2.44. The molecule has 1 aliphatic heterocycles. The third-order valence-corrected chi connectivity index (χ3v) is 10.4. The van der Waals surface area contributed by atoms with Gasteiger partial charge in [0.2, 0.25) is 0 Å². The summed E-state index contributed by atoms with van der Waals surface area (Å²) in [6.45, 7) is 14.6. The molecule has 0 radical (unpaired) electrons. The van der Waals surface area contributed by atoms with Crippen molar-refractivity contribution in [2.24, 2.45) is 5.10 Å². The molecule has 2 amide bonds. The van der Waals surface area contributed by atoms with E-state index in [-0.39, 0.29) is 22.6 Å². The number of hydrogen-bond acceptors (Lipinski definition) is 8. The molecule has 1 aromatic heterocycles. The Bertz CT molecular complexity index is 1960. The molecule has 2 heterocycles. The van der Waals surface area contributed by atoms with Crippen LogP contribution in [0, 0.1) is 0 Å². The number of nitrogens with zero attached hydrogens (tertiary/aromatic N) is 3. The largest absolute Gasteiger partial charge is 0.481 e. The molecule has 252 valence electrons. The van der Waals surface area contributed by atoms with Crippen molar-refractivity contribution in [3.8, 4) is 17.2 Å². The van der Waals surface area contributed by atoms with Crippen LogP contribution < -0.4 is 19.8 Å². The van der Waals surface area contributed by atoms with Gasteiger partial charge in [-0.25, -0.2) is 4.98 Å². The number of thiazole rings is 1. The fraction of sp³-hybridized carbons (Fsp3) is 0.282. The number of amidine groups is 1. The topological polar surface area (TPSA) is 93.1 Å². The molecule has 0 bridgehead atoms. The van der Waals surface area contributed by atoms with Gasteiger partial charge in [0.05, 0.1) is 15.9 Å². The SMILES string of the molecule is CC(Oc1ccc(C(C)(C)C)cc1)C(=O)NC1=NN(c2ccc(Oc3ccc(C(C)(C)C)cc3)cc2)C(=O)C1Sc1nc2ccccc2s1. The summed E-state index contributed by atoms with van der Waals surface area (Å²) >= 11 is 2.76. The summed E-state index contributed by atoms with van der Waals surface area (Å²) in [6, 6.07) is 30.7. The standard InChI is InChI=1S/C39H40N4O4S2/c1-24(46-28-18-12-25(13-19-28)38(2,3)4)35(44)41-34-33(49-37-40-31-10-8-9-11-32(31)48-37)36(45)43(42-34)27-16-22-30(23-17-27)47-29-20-14-26(15-21-29)39(5,6)7/h8-24,33H,1-7H3,(H,41,42,44). The normalized spacial score (nSPS) is 15.7. The van der Waals surface area contributed by atoms with Crippen LogP contribution in [0.2, 0.25) is 0 Å². The molecule has 10 heteroatoms. The first kappa shape index (κ1) is 34.2. The quantitative estimate of drug-likeness (QED) is 0.174. The second-order valence-corrected chi connectivity index (χ2v) is 16.4. The van der Waals surface area contributed by atoms with Crippen LogP contribution in [-0.4, -0.2) is 34.0 Å². The highest BCUT2D eigenvalue weighted by Crippen LogP contribution is 2.37. The highest BCUT2D eigenvalue weighted by molar-refractivity contribution is 8.03. The van der Waals surface area contributed by atoms with E-state index in [1.54, 1.807) is 31.2 Å². The van der Waals surface area contributed by atoms with Gasteiger partial charge in [-0.1, -0.05) is 89.7 Å². The minimum Gasteiger partial charge on any atom is -0.481 e. The average Bonchev–Trinajstić information content (AvgIpc) is 3.61. The van der Waals surface area contributed by atoms with E-state index >= 15 is 0 Å². The van der Waals surface area contributed by atoms with Gasteiger partial charge in [0.25, 0.3) is 11.8 Å². The zero-order valence-corrected chi connectivity index (χ0v) is 30.3. The van der Waals surface area contributed by atoms with Crippen LogP contribution in [0.15, 0.2) is 107 Å². The summed E-state index contributed by atoms with van der Waals surface area (Å²) in [5.41, 5.74) is 3.83. The number of thioether (sulfide) groups is 1. The molecule has 4 aromatic carbocycles. The Balaban J connectivity index is 1.20. The predicted molar refractivity (Wildman–Crippen MR) is 199 cm³/mol. The van der Waals surface area contributed by atoms with Gasteiger partial charge in [0, 0.05) is 0 Å². The lowest BCUT2D eigenvalue weighted by Gasteiger charge is -2.20. The summed E-state index contributed by atoms with van der Waals surface area (Å²) in [5, 5.41) is 8.00. The van der Waals surface area contributed by atoms with Crippen LogP contribution in [0.1, 0.15) is 59.6 Å². The van der Waals surface area contributed by atoms with Crippen molar-refractivity contribution >= 4 is 56.7 Å². The van der Waals surface area contributed by atoms with E-state index < -0.39 is 17.3 Å². The number of carbonyl (C=O) groups excluding carboxylic acids is 2. The van der Waals surface area contributed by atoms with Gasteiger partial charge < -0.3 is 14.8 Å². The van der Waals surface area contributed by atoms with E-state index in [1.807, 2.05) is 60.7 Å². The van der Waals surface area contributed by atoms with E-state index in [0.29, 0.717) is 21.5 Å². The number of hydrazone groups is 1. The van der Waals surface area contributed by atoms with Gasteiger partial charge in [-0.05, 0) is 89.5 Å². The molecular formula is C39H40N4O4S2. The molecule has 49 heavy (non-hydrogen) atoms. The molecule has 0 spiro atoms. The van der Waals surface area contributed by atoms with Crippen LogP contribution in [0.4, 0.5) is 5.69 Å². The second-order valence-electron chi connectivity index (χ2n) is 14.0. The molecule has 8 nitrogen and oxygen atoms in total. The maximum atomic E-state index is 13.9. The Morgan fingerprint density at radius 1 is 0.816 bits per heavy atom. The number of fused-ring (bicyclic) bond motifs is 1. The van der Waals surface area contributed by atoms with Crippen molar-refractivity contribution in [3.05, 3.63) is 108 Å². The summed E-state index contributed by atoms with van der Waals surface area (Å²) in [7, 11) is 0. The lowest BCUT2D eigenvalue weighted by atomic mass is 9.87. The first-order valence-corrected chi connectivity index (χ1v) is 17.9. The van der Waals surface area contributed by atoms with Crippen LogP contribution >= 0.6 is 23.1 Å². The van der Waals surface area contributed by atoms with E-state index in [1.165, 1.54) is 39.2 Å². The maximum Gasteiger partial charge on any atom is 0.268 e. The van der Waals surface area contributed by atoms with Crippen molar-refractivity contribution in [1.82, 2.24) is 10.3 Å². The fourth-order valence-electron chi connectivity index (χ4n) is 5.15. The molecule has 0 saturated heterocycles. The van der Waals surface area contributed by atoms with Crippen molar-refractivity contribution < 1.29 is 19.1 Å². The number of para-hydroxylation sites is 1. The molecule has 2 unspecified atom stereocenters. The summed E-state index contributed by atoms with van der Waals surface area (Å²) in [5.74, 6) is 1.43. The Labute approximate surface area is 295 Å². The first-order chi connectivity index (χ1) is 23.2. The van der Waals surface area contributed by atoms with Crippen LogP contribution in [0.25, 0.3) is 10.2 Å². The zero-order valence-electron chi connectivity index (χ0n) is 28.7. The average molecular weight is 693 g/mol. The summed E-state index contributed by atoms with van der Waals surface area (Å²) < 4.78 is 13.8. The minimum absolute atomic E-state index is 0.00219. The highest BCUT2D eigenvalue weighted by Gasteiger charge is 2.40. The monoisotopic (exact) mass is 692 g/mol. The van der Waals surface area contributed by atoms with Crippen molar-refractivity contribution in [2.45, 2.75) is 75.0 Å². The Morgan fingerprint density at radius 2 is 1.37 bits per heavy atom. The van der Waals surface area contributed by atoms with Crippen LogP contribution in [-0.2, 0) is 20.4 Å². The number of anilines is 1. The predicted octanol–water partition coefficient (Wildman–Crippen LogP) is 9.09. The highest BCUT2D eigenvalue weighted by atomic mass is 32.2. The Hall–Kier alpha value is -4.67. The van der Waals surface area contributed by atoms with Gasteiger partial charge in [-0.15, -0.1) is 16.4 Å². The number of nitrogens with one attached hydrogen (secondary N) is 1. The van der Waals surface area contributed by atoms with Gasteiger partial charge >= 0.3 is 0 Å². The van der Waals surface area contributed by atoms with Crippen molar-refractivity contribution in [1.29, 1.82) is 0 Å². The fourth-order valence-corrected chi connectivity index (χ4v) is 7.37. The van der Waals surface area contributed by atoms with Crippen molar-refractivity contribution in [3.63, 3.8) is 0 Å². The Kier molecular flexibility index (Phi) is 9.55. The number of aromatic nitrogens is 1. The molecule has 0 fully saturated rings. The maximum absolute atomic E-state index is 13.9. The van der Waals surface area contributed by atoms with Gasteiger partial charge in [-0.2, -0.15) is 5.01 Å². The number of amides is 2. The number of ether oxygens (including phenoxy) is 2. The molecule has 0 saturated carbocycles.